The molecule has 0 radical (unpaired) electrons. The molecule has 110 valence electrons. The highest BCUT2D eigenvalue weighted by Crippen LogP contribution is 2.32. The molecular weight excluding hydrogens is 273 g/mol. The number of ether oxygens (including phenoxy) is 1. The van der Waals surface area contributed by atoms with E-state index in [0.29, 0.717) is 34.9 Å². The number of rotatable bonds is 2. The molecule has 1 aliphatic rings. The Labute approximate surface area is 121 Å². The van der Waals surface area contributed by atoms with Crippen LogP contribution in [0.3, 0.4) is 0 Å². The Morgan fingerprint density at radius 2 is 2.24 bits per heavy atom. The Hall–Kier alpha value is -2.01. The van der Waals surface area contributed by atoms with Crippen molar-refractivity contribution in [3.05, 3.63) is 40.3 Å². The van der Waals surface area contributed by atoms with Gasteiger partial charge in [-0.3, -0.25) is 4.98 Å². The summed E-state index contributed by atoms with van der Waals surface area (Å²) < 4.78 is 19.0. The van der Waals surface area contributed by atoms with Crippen molar-refractivity contribution in [1.29, 1.82) is 0 Å². The predicted octanol–water partition coefficient (Wildman–Crippen LogP) is 2.88. The molecule has 0 bridgehead atoms. The molecule has 1 aromatic carbocycles. The van der Waals surface area contributed by atoms with E-state index in [0.717, 1.165) is 12.1 Å². The zero-order chi connectivity index (χ0) is 15.1. The standard InChI is InChI=1S/C16H16FNO3/c1-8-5-9(17)6-12-14(16(19)20)11-7-10(21-2)3-4-13(11)18-15(8)12/h5-6,10H,3-4,7H2,1-2H3,(H,19,20). The summed E-state index contributed by atoms with van der Waals surface area (Å²) in [6, 6.07) is 2.64. The lowest BCUT2D eigenvalue weighted by Crippen LogP contribution is -2.24. The third kappa shape index (κ3) is 2.27. The Balaban J connectivity index is 2.35. The summed E-state index contributed by atoms with van der Waals surface area (Å²) in [4.78, 5) is 16.3. The molecule has 1 unspecified atom stereocenters. The normalized spacial score (nSPS) is 17.8. The number of hydrogen-bond acceptors (Lipinski definition) is 3. The van der Waals surface area contributed by atoms with Crippen LogP contribution >= 0.6 is 0 Å². The van der Waals surface area contributed by atoms with Crippen LogP contribution in [-0.2, 0) is 17.6 Å². The lowest BCUT2D eigenvalue weighted by molar-refractivity contribution is 0.0690. The third-order valence-corrected chi connectivity index (χ3v) is 4.11. The molecule has 1 atom stereocenters. The van der Waals surface area contributed by atoms with E-state index >= 15 is 0 Å². The van der Waals surface area contributed by atoms with E-state index in [1.807, 2.05) is 0 Å². The molecule has 1 aliphatic carbocycles. The van der Waals surface area contributed by atoms with Gasteiger partial charge in [0, 0.05) is 24.6 Å². The lowest BCUT2D eigenvalue weighted by Gasteiger charge is -2.25. The summed E-state index contributed by atoms with van der Waals surface area (Å²) in [5.74, 6) is -1.48. The number of carbonyl (C=O) groups is 1. The fraction of sp³-hybridized carbons (Fsp3) is 0.375. The quantitative estimate of drug-likeness (QED) is 0.923. The first-order valence-electron chi connectivity index (χ1n) is 6.89. The van der Waals surface area contributed by atoms with Gasteiger partial charge in [-0.25, -0.2) is 9.18 Å². The molecular formula is C16H16FNO3. The Kier molecular flexibility index (Phi) is 3.37. The maximum Gasteiger partial charge on any atom is 0.336 e. The van der Waals surface area contributed by atoms with Crippen molar-refractivity contribution >= 4 is 16.9 Å². The number of methoxy groups -OCH3 is 1. The molecule has 5 heteroatoms. The van der Waals surface area contributed by atoms with E-state index in [-0.39, 0.29) is 11.7 Å². The number of aryl methyl sites for hydroxylation is 2. The minimum absolute atomic E-state index is 0.00972. The molecule has 3 rings (SSSR count). The number of benzene rings is 1. The zero-order valence-corrected chi connectivity index (χ0v) is 11.9. The van der Waals surface area contributed by atoms with Crippen LogP contribution in [-0.4, -0.2) is 29.3 Å². The second-order valence-corrected chi connectivity index (χ2v) is 5.44. The highest BCUT2D eigenvalue weighted by Gasteiger charge is 2.27. The van der Waals surface area contributed by atoms with Gasteiger partial charge in [-0.2, -0.15) is 0 Å². The van der Waals surface area contributed by atoms with Crippen LogP contribution < -0.4 is 0 Å². The van der Waals surface area contributed by atoms with Crippen LogP contribution in [0.4, 0.5) is 4.39 Å². The van der Waals surface area contributed by atoms with Crippen LogP contribution in [0.1, 0.15) is 33.6 Å². The number of aromatic nitrogens is 1. The molecule has 2 aromatic rings. The van der Waals surface area contributed by atoms with Crippen LogP contribution in [0, 0.1) is 12.7 Å². The molecule has 4 nitrogen and oxygen atoms in total. The Morgan fingerprint density at radius 1 is 1.48 bits per heavy atom. The highest BCUT2D eigenvalue weighted by atomic mass is 19.1. The molecule has 0 saturated heterocycles. The monoisotopic (exact) mass is 289 g/mol. The van der Waals surface area contributed by atoms with Gasteiger partial charge in [0.1, 0.15) is 5.82 Å². The number of hydrogen-bond donors (Lipinski definition) is 1. The Bertz CT molecular complexity index is 742. The minimum atomic E-state index is -1.04. The van der Waals surface area contributed by atoms with E-state index < -0.39 is 11.8 Å². The smallest absolute Gasteiger partial charge is 0.336 e. The summed E-state index contributed by atoms with van der Waals surface area (Å²) >= 11 is 0. The van der Waals surface area contributed by atoms with Gasteiger partial charge in [0.05, 0.1) is 17.2 Å². The SMILES string of the molecule is COC1CCc2nc3c(C)cc(F)cc3c(C(=O)O)c2C1. The number of nitrogens with zero attached hydrogens (tertiary/aromatic N) is 1. The molecule has 0 spiro atoms. The van der Waals surface area contributed by atoms with Gasteiger partial charge in [-0.15, -0.1) is 0 Å². The molecule has 1 aromatic heterocycles. The van der Waals surface area contributed by atoms with E-state index in [4.69, 9.17) is 4.74 Å². The van der Waals surface area contributed by atoms with Crippen LogP contribution in [0.25, 0.3) is 10.9 Å². The Morgan fingerprint density at radius 3 is 2.90 bits per heavy atom. The summed E-state index contributed by atoms with van der Waals surface area (Å²) in [5, 5.41) is 9.96. The van der Waals surface area contributed by atoms with Gasteiger partial charge in [0.25, 0.3) is 0 Å². The average molecular weight is 289 g/mol. The van der Waals surface area contributed by atoms with Crippen LogP contribution in [0.2, 0.25) is 0 Å². The highest BCUT2D eigenvalue weighted by molar-refractivity contribution is 6.05. The van der Waals surface area contributed by atoms with Gasteiger partial charge in [-0.05, 0) is 43.0 Å². The van der Waals surface area contributed by atoms with Gasteiger partial charge in [-0.1, -0.05) is 0 Å². The number of pyridine rings is 1. The number of fused-ring (bicyclic) bond motifs is 2. The molecule has 21 heavy (non-hydrogen) atoms. The van der Waals surface area contributed by atoms with E-state index in [9.17, 15) is 14.3 Å². The fourth-order valence-electron chi connectivity index (χ4n) is 3.08. The second kappa shape index (κ2) is 5.07. The molecule has 1 N–H and O–H groups in total. The molecule has 0 aliphatic heterocycles. The zero-order valence-electron chi connectivity index (χ0n) is 11.9. The maximum absolute atomic E-state index is 13.7. The van der Waals surface area contributed by atoms with Crippen molar-refractivity contribution in [3.8, 4) is 0 Å². The molecule has 0 saturated carbocycles. The summed E-state index contributed by atoms with van der Waals surface area (Å²) in [6.45, 7) is 1.75. The average Bonchev–Trinajstić information content (AvgIpc) is 2.44. The fourth-order valence-corrected chi connectivity index (χ4v) is 3.08. The first-order valence-corrected chi connectivity index (χ1v) is 6.89. The van der Waals surface area contributed by atoms with Crippen molar-refractivity contribution in [3.63, 3.8) is 0 Å². The van der Waals surface area contributed by atoms with Crippen LogP contribution in [0.5, 0.6) is 0 Å². The van der Waals surface area contributed by atoms with Crippen molar-refractivity contribution in [1.82, 2.24) is 4.98 Å². The largest absolute Gasteiger partial charge is 0.478 e. The van der Waals surface area contributed by atoms with Crippen molar-refractivity contribution in [2.24, 2.45) is 0 Å². The maximum atomic E-state index is 13.7. The summed E-state index contributed by atoms with van der Waals surface area (Å²) in [5.41, 5.74) is 2.87. The third-order valence-electron chi connectivity index (χ3n) is 4.11. The van der Waals surface area contributed by atoms with Gasteiger partial charge < -0.3 is 9.84 Å². The number of carboxylic acids is 1. The van der Waals surface area contributed by atoms with Gasteiger partial charge in [0.2, 0.25) is 0 Å². The first kappa shape index (κ1) is 13.9. The topological polar surface area (TPSA) is 59.4 Å². The van der Waals surface area contributed by atoms with Gasteiger partial charge >= 0.3 is 5.97 Å². The summed E-state index contributed by atoms with van der Waals surface area (Å²) in [6.07, 6.45) is 2.00. The first-order chi connectivity index (χ1) is 10.0. The lowest BCUT2D eigenvalue weighted by atomic mass is 9.87. The predicted molar refractivity (Wildman–Crippen MR) is 76.2 cm³/mol. The van der Waals surface area contributed by atoms with E-state index in [1.165, 1.54) is 12.1 Å². The van der Waals surface area contributed by atoms with Crippen LogP contribution in [0.15, 0.2) is 12.1 Å². The van der Waals surface area contributed by atoms with Crippen molar-refractivity contribution in [2.45, 2.75) is 32.3 Å². The number of aromatic carboxylic acids is 1. The summed E-state index contributed by atoms with van der Waals surface area (Å²) in [7, 11) is 1.62. The van der Waals surface area contributed by atoms with E-state index in [1.54, 1.807) is 14.0 Å². The van der Waals surface area contributed by atoms with Gasteiger partial charge in [0.15, 0.2) is 0 Å². The van der Waals surface area contributed by atoms with Crippen molar-refractivity contribution < 1.29 is 19.0 Å². The van der Waals surface area contributed by atoms with E-state index in [2.05, 4.69) is 4.98 Å². The minimum Gasteiger partial charge on any atom is -0.478 e. The molecule has 0 amide bonds. The number of halogens is 1. The molecule has 0 fully saturated rings. The second-order valence-electron chi connectivity index (χ2n) is 5.44. The molecule has 1 heterocycles. The number of carboxylic acid groups (broad SMARTS) is 1. The van der Waals surface area contributed by atoms with Crippen molar-refractivity contribution in [2.75, 3.05) is 7.11 Å².